The number of amides is 1. The molecule has 0 saturated carbocycles. The molecule has 1 aliphatic rings. The van der Waals surface area contributed by atoms with E-state index in [1.54, 1.807) is 30.5 Å². The third-order valence-corrected chi connectivity index (χ3v) is 4.52. The summed E-state index contributed by atoms with van der Waals surface area (Å²) in [6.07, 6.45) is 1.65. The number of carbonyl (C=O) groups excluding carboxylic acids is 1. The predicted octanol–water partition coefficient (Wildman–Crippen LogP) is 2.53. The highest BCUT2D eigenvalue weighted by atomic mass is 32.2. The van der Waals surface area contributed by atoms with Crippen molar-refractivity contribution < 1.29 is 17.9 Å². The summed E-state index contributed by atoms with van der Waals surface area (Å²) >= 11 is -1.90. The van der Waals surface area contributed by atoms with E-state index < -0.39 is 17.0 Å². The highest BCUT2D eigenvalue weighted by molar-refractivity contribution is 7.78. The van der Waals surface area contributed by atoms with Crippen molar-refractivity contribution in [2.24, 2.45) is 5.10 Å². The minimum absolute atomic E-state index is 0.0565. The van der Waals surface area contributed by atoms with Crippen molar-refractivity contribution in [1.29, 1.82) is 0 Å². The lowest BCUT2D eigenvalue weighted by molar-refractivity contribution is -0.123. The van der Waals surface area contributed by atoms with Crippen LogP contribution in [0.3, 0.4) is 0 Å². The fourth-order valence-corrected chi connectivity index (χ4v) is 3.26. The topological polar surface area (TPSA) is 78.8 Å². The summed E-state index contributed by atoms with van der Waals surface area (Å²) in [7, 11) is 0. The largest absolute Gasteiger partial charge is 0.306 e. The lowest BCUT2D eigenvalue weighted by atomic mass is 9.81. The summed E-state index contributed by atoms with van der Waals surface area (Å²) in [6.45, 7) is 0. The van der Waals surface area contributed by atoms with Crippen molar-refractivity contribution >= 4 is 23.2 Å². The summed E-state index contributed by atoms with van der Waals surface area (Å²) in [5, 5.41) is 3.89. The highest BCUT2D eigenvalue weighted by Crippen LogP contribution is 2.34. The highest BCUT2D eigenvalue weighted by Gasteiger charge is 2.32. The molecular formula is C17H15FN2O3S. The van der Waals surface area contributed by atoms with Crippen molar-refractivity contribution in [3.63, 3.8) is 0 Å². The number of nitrogens with zero attached hydrogens (tertiary/aromatic N) is 1. The molecule has 7 heteroatoms. The van der Waals surface area contributed by atoms with Crippen LogP contribution in [0.5, 0.6) is 0 Å². The number of hydrazone groups is 1. The van der Waals surface area contributed by atoms with Gasteiger partial charge < -0.3 is 4.55 Å². The second kappa shape index (κ2) is 7.02. The predicted molar refractivity (Wildman–Crippen MR) is 89.4 cm³/mol. The van der Waals surface area contributed by atoms with Gasteiger partial charge in [0.25, 0.3) is 0 Å². The normalized spacial score (nSPS) is 21.3. The molecule has 3 rings (SSSR count). The standard InChI is InChI=1S/C17H15FN2O3S/c18-14-7-5-13(6-8-14)16-15(9-19-20-17(16)21)12-3-1-11(2-4-12)10-24(22)23/h1-9,15-16H,10H2,(H,20,21)(H,22,23). The fourth-order valence-electron chi connectivity index (χ4n) is 2.79. The molecule has 2 N–H and O–H groups in total. The molecule has 1 aliphatic heterocycles. The molecule has 5 nitrogen and oxygen atoms in total. The zero-order valence-corrected chi connectivity index (χ0v) is 13.4. The maximum Gasteiger partial charge on any atom is 0.248 e. The van der Waals surface area contributed by atoms with Gasteiger partial charge in [0.15, 0.2) is 11.1 Å². The van der Waals surface area contributed by atoms with E-state index in [9.17, 15) is 13.4 Å². The molecule has 0 bridgehead atoms. The number of hydrogen-bond donors (Lipinski definition) is 2. The Balaban J connectivity index is 1.92. The molecule has 0 saturated heterocycles. The second-order valence-electron chi connectivity index (χ2n) is 5.52. The van der Waals surface area contributed by atoms with Gasteiger partial charge in [-0.1, -0.05) is 36.4 Å². The Morgan fingerprint density at radius 2 is 1.71 bits per heavy atom. The smallest absolute Gasteiger partial charge is 0.248 e. The third-order valence-electron chi connectivity index (χ3n) is 3.94. The Kier molecular flexibility index (Phi) is 4.82. The molecule has 0 fully saturated rings. The molecular weight excluding hydrogens is 331 g/mol. The zero-order chi connectivity index (χ0) is 17.1. The van der Waals surface area contributed by atoms with Crippen LogP contribution in [-0.4, -0.2) is 20.9 Å². The first-order chi connectivity index (χ1) is 11.5. The Morgan fingerprint density at radius 1 is 1.08 bits per heavy atom. The molecule has 0 radical (unpaired) electrons. The molecule has 2 aromatic carbocycles. The minimum atomic E-state index is -1.90. The Labute approximate surface area is 140 Å². The molecule has 124 valence electrons. The number of halogens is 1. The second-order valence-corrected chi connectivity index (χ2v) is 6.45. The van der Waals surface area contributed by atoms with Crippen LogP contribution < -0.4 is 5.43 Å². The van der Waals surface area contributed by atoms with E-state index in [1.165, 1.54) is 12.1 Å². The van der Waals surface area contributed by atoms with Crippen LogP contribution in [0.15, 0.2) is 53.6 Å². The molecule has 0 aromatic heterocycles. The van der Waals surface area contributed by atoms with E-state index in [2.05, 4.69) is 10.5 Å². The first-order valence-corrected chi connectivity index (χ1v) is 8.57. The van der Waals surface area contributed by atoms with E-state index in [1.807, 2.05) is 12.1 Å². The van der Waals surface area contributed by atoms with E-state index >= 15 is 0 Å². The van der Waals surface area contributed by atoms with Crippen LogP contribution in [0.25, 0.3) is 0 Å². The lowest BCUT2D eigenvalue weighted by Gasteiger charge is -2.26. The number of carbonyl (C=O) groups is 1. The number of nitrogens with one attached hydrogen (secondary N) is 1. The van der Waals surface area contributed by atoms with E-state index in [4.69, 9.17) is 4.55 Å². The van der Waals surface area contributed by atoms with Crippen molar-refractivity contribution in [1.82, 2.24) is 5.43 Å². The first kappa shape index (κ1) is 16.5. The molecule has 3 unspecified atom stereocenters. The molecule has 0 aliphatic carbocycles. The Bertz CT molecular complexity index is 790. The minimum Gasteiger partial charge on any atom is -0.306 e. The van der Waals surface area contributed by atoms with E-state index in [0.29, 0.717) is 5.56 Å². The maximum atomic E-state index is 13.1. The zero-order valence-electron chi connectivity index (χ0n) is 12.6. The molecule has 1 amide bonds. The Hall–Kier alpha value is -2.38. The van der Waals surface area contributed by atoms with Crippen LogP contribution in [0.4, 0.5) is 4.39 Å². The molecule has 24 heavy (non-hydrogen) atoms. The summed E-state index contributed by atoms with van der Waals surface area (Å²) in [6, 6.07) is 13.0. The quantitative estimate of drug-likeness (QED) is 0.835. The summed E-state index contributed by atoms with van der Waals surface area (Å²) in [4.78, 5) is 12.3. The van der Waals surface area contributed by atoms with E-state index in [-0.39, 0.29) is 23.4 Å². The van der Waals surface area contributed by atoms with Crippen LogP contribution in [0, 0.1) is 5.82 Å². The van der Waals surface area contributed by atoms with Crippen molar-refractivity contribution in [3.8, 4) is 0 Å². The Morgan fingerprint density at radius 3 is 2.33 bits per heavy atom. The van der Waals surface area contributed by atoms with Crippen molar-refractivity contribution in [3.05, 3.63) is 71.0 Å². The first-order valence-electron chi connectivity index (χ1n) is 7.29. The van der Waals surface area contributed by atoms with Gasteiger partial charge in [0.1, 0.15) is 5.82 Å². The van der Waals surface area contributed by atoms with Crippen molar-refractivity contribution in [2.45, 2.75) is 17.6 Å². The van der Waals surface area contributed by atoms with Crippen LogP contribution in [0.1, 0.15) is 28.5 Å². The van der Waals surface area contributed by atoms with Gasteiger partial charge in [0, 0.05) is 12.1 Å². The van der Waals surface area contributed by atoms with Gasteiger partial charge in [-0.05, 0) is 28.8 Å². The van der Waals surface area contributed by atoms with Crippen molar-refractivity contribution in [2.75, 3.05) is 0 Å². The van der Waals surface area contributed by atoms with Gasteiger partial charge >= 0.3 is 0 Å². The summed E-state index contributed by atoms with van der Waals surface area (Å²) in [5.74, 6) is -1.36. The number of benzene rings is 2. The van der Waals surface area contributed by atoms with Gasteiger partial charge in [-0.3, -0.25) is 4.79 Å². The van der Waals surface area contributed by atoms with Crippen LogP contribution in [-0.2, 0) is 21.6 Å². The SMILES string of the molecule is O=C1NN=CC(c2ccc(CS(=O)O)cc2)C1c1ccc(F)cc1. The van der Waals surface area contributed by atoms with Gasteiger partial charge in [0.2, 0.25) is 5.91 Å². The summed E-state index contributed by atoms with van der Waals surface area (Å²) < 4.78 is 33.0. The monoisotopic (exact) mass is 346 g/mol. The molecule has 2 aromatic rings. The van der Waals surface area contributed by atoms with Gasteiger partial charge in [-0.25, -0.2) is 14.0 Å². The van der Waals surface area contributed by atoms with E-state index in [0.717, 1.165) is 11.1 Å². The van der Waals surface area contributed by atoms with Crippen LogP contribution in [0.2, 0.25) is 0 Å². The number of rotatable bonds is 4. The third kappa shape index (κ3) is 3.58. The van der Waals surface area contributed by atoms with Crippen LogP contribution >= 0.6 is 0 Å². The lowest BCUT2D eigenvalue weighted by Crippen LogP contribution is -2.34. The van der Waals surface area contributed by atoms with Gasteiger partial charge in [-0.15, -0.1) is 0 Å². The maximum absolute atomic E-state index is 13.1. The molecule has 1 heterocycles. The molecule has 3 atom stereocenters. The van der Waals surface area contributed by atoms with Gasteiger partial charge in [-0.2, -0.15) is 5.10 Å². The number of hydrogen-bond acceptors (Lipinski definition) is 3. The fraction of sp³-hybridized carbons (Fsp3) is 0.176. The van der Waals surface area contributed by atoms with Gasteiger partial charge in [0.05, 0.1) is 11.7 Å². The average Bonchev–Trinajstić information content (AvgIpc) is 2.56. The summed E-state index contributed by atoms with van der Waals surface area (Å²) in [5.41, 5.74) is 4.73. The molecule has 0 spiro atoms. The average molecular weight is 346 g/mol.